The zero-order valence-electron chi connectivity index (χ0n) is 11.8. The van der Waals surface area contributed by atoms with Gasteiger partial charge in [-0.15, -0.1) is 0 Å². The van der Waals surface area contributed by atoms with Gasteiger partial charge in [0.25, 0.3) is 5.56 Å². The average Bonchev–Trinajstić information content (AvgIpc) is 2.73. The minimum atomic E-state index is -1.42. The van der Waals surface area contributed by atoms with Gasteiger partial charge < -0.3 is 15.2 Å². The Bertz CT molecular complexity index is 716. The van der Waals surface area contributed by atoms with Gasteiger partial charge in [-0.05, 0) is 6.42 Å². The summed E-state index contributed by atoms with van der Waals surface area (Å²) >= 11 is 0. The number of hydrogen-bond acceptors (Lipinski definition) is 5. The number of hydrogen-bond donors (Lipinski definition) is 1. The first-order valence-electron chi connectivity index (χ1n) is 6.72. The molecular weight excluding hydrogens is 278 g/mol. The largest absolute Gasteiger partial charge is 0.550 e. The molecule has 0 saturated carbocycles. The number of carboxylic acids is 1. The number of carboxylic acid groups (broad SMARTS) is 1. The molecular formula is C13H16N3O5-. The van der Waals surface area contributed by atoms with Gasteiger partial charge in [-0.3, -0.25) is 18.7 Å². The zero-order chi connectivity index (χ0) is 15.7. The standard InChI is InChI=1S/C13H17N3O5/c1-3-4-5-16-10-9(12(20)15(2)13(16)21)7(6-8(17)18)11(19)14-10/h7H,3-6H2,1-2H3,(H,14,19)(H,17,18)/p-1/t7-/m0/s1. The van der Waals surface area contributed by atoms with Gasteiger partial charge in [-0.2, -0.15) is 0 Å². The Morgan fingerprint density at radius 1 is 1.33 bits per heavy atom. The molecule has 0 saturated heterocycles. The van der Waals surface area contributed by atoms with E-state index < -0.39 is 35.5 Å². The van der Waals surface area contributed by atoms with Crippen LogP contribution in [0, 0.1) is 0 Å². The molecule has 1 aliphatic heterocycles. The zero-order valence-corrected chi connectivity index (χ0v) is 11.8. The lowest BCUT2D eigenvalue weighted by atomic mass is 10.00. The molecule has 0 aromatic carbocycles. The molecule has 2 heterocycles. The molecule has 1 N–H and O–H groups in total. The van der Waals surface area contributed by atoms with Crippen molar-refractivity contribution in [1.29, 1.82) is 0 Å². The van der Waals surface area contributed by atoms with E-state index in [1.807, 2.05) is 6.92 Å². The molecule has 0 bridgehead atoms. The Labute approximate surface area is 120 Å². The third kappa shape index (κ3) is 2.48. The van der Waals surface area contributed by atoms with E-state index in [0.717, 1.165) is 11.0 Å². The molecule has 1 aliphatic rings. The third-order valence-electron chi connectivity index (χ3n) is 3.59. The highest BCUT2D eigenvalue weighted by Gasteiger charge is 2.36. The minimum Gasteiger partial charge on any atom is -0.550 e. The third-order valence-corrected chi connectivity index (χ3v) is 3.59. The maximum absolute atomic E-state index is 12.2. The average molecular weight is 294 g/mol. The van der Waals surface area contributed by atoms with Crippen molar-refractivity contribution in [2.45, 2.75) is 38.6 Å². The first-order valence-corrected chi connectivity index (χ1v) is 6.72. The lowest BCUT2D eigenvalue weighted by molar-refractivity contribution is -0.306. The molecule has 0 fully saturated rings. The summed E-state index contributed by atoms with van der Waals surface area (Å²) in [6.07, 6.45) is 0.950. The minimum absolute atomic E-state index is 0.0300. The van der Waals surface area contributed by atoms with Gasteiger partial charge >= 0.3 is 5.69 Å². The molecule has 2 rings (SSSR count). The van der Waals surface area contributed by atoms with Gasteiger partial charge in [0.05, 0.1) is 11.5 Å². The number of amides is 1. The predicted molar refractivity (Wildman–Crippen MR) is 71.8 cm³/mol. The van der Waals surface area contributed by atoms with Crippen LogP contribution >= 0.6 is 0 Å². The maximum atomic E-state index is 12.2. The first-order chi connectivity index (χ1) is 9.88. The second-order valence-corrected chi connectivity index (χ2v) is 5.03. The lowest BCUT2D eigenvalue weighted by Crippen LogP contribution is -2.40. The van der Waals surface area contributed by atoms with Crippen molar-refractivity contribution in [3.05, 3.63) is 26.4 Å². The fourth-order valence-electron chi connectivity index (χ4n) is 2.46. The van der Waals surface area contributed by atoms with Crippen LogP contribution in [0.2, 0.25) is 0 Å². The highest BCUT2D eigenvalue weighted by molar-refractivity contribution is 6.03. The van der Waals surface area contributed by atoms with E-state index in [2.05, 4.69) is 5.32 Å². The number of nitrogens with one attached hydrogen (secondary N) is 1. The molecule has 0 spiro atoms. The highest BCUT2D eigenvalue weighted by atomic mass is 16.4. The summed E-state index contributed by atoms with van der Waals surface area (Å²) in [4.78, 5) is 47.0. The summed E-state index contributed by atoms with van der Waals surface area (Å²) in [5.74, 6) is -3.01. The Kier molecular flexibility index (Phi) is 3.97. The fraction of sp³-hybridized carbons (Fsp3) is 0.538. The number of rotatable bonds is 5. The Hall–Kier alpha value is -2.38. The van der Waals surface area contributed by atoms with E-state index in [-0.39, 0.29) is 11.4 Å². The summed E-state index contributed by atoms with van der Waals surface area (Å²) in [5, 5.41) is 13.2. The van der Waals surface area contributed by atoms with Crippen LogP contribution in [-0.4, -0.2) is 21.0 Å². The van der Waals surface area contributed by atoms with Crippen LogP contribution < -0.4 is 21.7 Å². The van der Waals surface area contributed by atoms with Crippen molar-refractivity contribution in [3.63, 3.8) is 0 Å². The van der Waals surface area contributed by atoms with Crippen molar-refractivity contribution in [3.8, 4) is 0 Å². The van der Waals surface area contributed by atoms with Crippen LogP contribution in [0.3, 0.4) is 0 Å². The monoisotopic (exact) mass is 294 g/mol. The van der Waals surface area contributed by atoms with Gasteiger partial charge in [0.1, 0.15) is 5.82 Å². The summed E-state index contributed by atoms with van der Waals surface area (Å²) in [5.41, 5.74) is -1.14. The topological polar surface area (TPSA) is 113 Å². The molecule has 8 nitrogen and oxygen atoms in total. The number of aromatic nitrogens is 2. The number of anilines is 1. The summed E-state index contributed by atoms with van der Waals surface area (Å²) in [6, 6.07) is 0. The van der Waals surface area contributed by atoms with Crippen molar-refractivity contribution in [1.82, 2.24) is 9.13 Å². The van der Waals surface area contributed by atoms with Crippen LogP contribution in [0.15, 0.2) is 9.59 Å². The van der Waals surface area contributed by atoms with Gasteiger partial charge in [-0.1, -0.05) is 13.3 Å². The van der Waals surface area contributed by atoms with Crippen molar-refractivity contribution < 1.29 is 14.7 Å². The summed E-state index contributed by atoms with van der Waals surface area (Å²) in [7, 11) is 1.31. The molecule has 1 aromatic rings. The van der Waals surface area contributed by atoms with Crippen LogP contribution in [0.5, 0.6) is 0 Å². The lowest BCUT2D eigenvalue weighted by Gasteiger charge is -2.13. The van der Waals surface area contributed by atoms with Crippen LogP contribution in [-0.2, 0) is 23.2 Å². The van der Waals surface area contributed by atoms with E-state index in [1.54, 1.807) is 0 Å². The molecule has 8 heteroatoms. The van der Waals surface area contributed by atoms with E-state index in [4.69, 9.17) is 0 Å². The quantitative estimate of drug-likeness (QED) is 0.711. The van der Waals surface area contributed by atoms with Crippen molar-refractivity contribution in [2.75, 3.05) is 5.32 Å². The first kappa shape index (κ1) is 15.0. The fourth-order valence-corrected chi connectivity index (χ4v) is 2.46. The van der Waals surface area contributed by atoms with E-state index in [1.165, 1.54) is 11.6 Å². The van der Waals surface area contributed by atoms with Gasteiger partial charge in [0.15, 0.2) is 0 Å². The second kappa shape index (κ2) is 5.55. The highest BCUT2D eigenvalue weighted by Crippen LogP contribution is 2.30. The SMILES string of the molecule is CCCCn1c2c(c(=O)n(C)c1=O)[C@H](CC(=O)[O-])C(=O)N2. The predicted octanol–water partition coefficient (Wildman–Crippen LogP) is -1.48. The Balaban J connectivity index is 2.65. The van der Waals surface area contributed by atoms with E-state index in [9.17, 15) is 24.3 Å². The van der Waals surface area contributed by atoms with Crippen molar-refractivity contribution in [2.24, 2.45) is 7.05 Å². The molecule has 21 heavy (non-hydrogen) atoms. The molecule has 1 amide bonds. The summed E-state index contributed by atoms with van der Waals surface area (Å²) < 4.78 is 2.21. The van der Waals surface area contributed by atoms with Crippen LogP contribution in [0.1, 0.15) is 37.7 Å². The van der Waals surface area contributed by atoms with E-state index >= 15 is 0 Å². The van der Waals surface area contributed by atoms with Crippen LogP contribution in [0.4, 0.5) is 5.82 Å². The van der Waals surface area contributed by atoms with Gasteiger partial charge in [-0.25, -0.2) is 4.79 Å². The smallest absolute Gasteiger partial charge is 0.332 e. The number of aliphatic carboxylic acids is 1. The van der Waals surface area contributed by atoms with Gasteiger partial charge in [0.2, 0.25) is 5.91 Å². The Morgan fingerprint density at radius 2 is 2.00 bits per heavy atom. The maximum Gasteiger partial charge on any atom is 0.332 e. The number of carbonyl (C=O) groups is 2. The van der Waals surface area contributed by atoms with Crippen LogP contribution in [0.25, 0.3) is 0 Å². The molecule has 114 valence electrons. The Morgan fingerprint density at radius 3 is 2.57 bits per heavy atom. The second-order valence-electron chi connectivity index (χ2n) is 5.03. The summed E-state index contributed by atoms with van der Waals surface area (Å²) in [6.45, 7) is 2.30. The molecule has 0 radical (unpaired) electrons. The van der Waals surface area contributed by atoms with Gasteiger partial charge in [0, 0.05) is 26.0 Å². The molecule has 0 unspecified atom stereocenters. The number of fused-ring (bicyclic) bond motifs is 1. The number of nitrogens with zero attached hydrogens (tertiary/aromatic N) is 2. The number of carbonyl (C=O) groups excluding carboxylic acids is 2. The van der Waals surface area contributed by atoms with Crippen molar-refractivity contribution >= 4 is 17.7 Å². The number of unbranched alkanes of at least 4 members (excludes halogenated alkanes) is 1. The molecule has 1 aromatic heterocycles. The van der Waals surface area contributed by atoms with E-state index in [0.29, 0.717) is 13.0 Å². The molecule has 1 atom stereocenters. The molecule has 0 aliphatic carbocycles. The normalized spacial score (nSPS) is 16.7.